The number of hydrogen-bond acceptors (Lipinski definition) is 4. The lowest BCUT2D eigenvalue weighted by atomic mass is 10.2. The van der Waals surface area contributed by atoms with Crippen molar-refractivity contribution in [2.45, 2.75) is 25.9 Å². The summed E-state index contributed by atoms with van der Waals surface area (Å²) in [6, 6.07) is 2.25. The predicted molar refractivity (Wildman–Crippen MR) is 82.2 cm³/mol. The van der Waals surface area contributed by atoms with Gasteiger partial charge in [0.05, 0.1) is 5.56 Å². The summed E-state index contributed by atoms with van der Waals surface area (Å²) in [7, 11) is 0. The van der Waals surface area contributed by atoms with Crippen LogP contribution in [0.15, 0.2) is 12.1 Å². The molecule has 118 valence electrons. The smallest absolute Gasteiger partial charge is 0.370 e. The Morgan fingerprint density at radius 2 is 2.10 bits per heavy atom. The fraction of sp³-hybridized carbons (Fsp3) is 0.643. The van der Waals surface area contributed by atoms with Crippen molar-refractivity contribution in [3.05, 3.63) is 17.7 Å². The molecule has 2 rings (SSSR count). The van der Waals surface area contributed by atoms with Crippen molar-refractivity contribution in [2.24, 2.45) is 0 Å². The standard InChI is InChI=1S/C14H20F3N3S/c1-2-4-18-12-9-11(14(15,16)17)10-13(19-12)20-5-3-7-21-8-6-20/h9-10H,2-8H2,1H3,(H,18,19). The highest BCUT2D eigenvalue weighted by Gasteiger charge is 2.32. The van der Waals surface area contributed by atoms with Gasteiger partial charge in [0.15, 0.2) is 0 Å². The maximum Gasteiger partial charge on any atom is 0.416 e. The SMILES string of the molecule is CCCNc1cc(C(F)(F)F)cc(N2CCCSCC2)n1. The molecule has 0 radical (unpaired) electrons. The quantitative estimate of drug-likeness (QED) is 0.912. The largest absolute Gasteiger partial charge is 0.416 e. The number of anilines is 2. The molecule has 0 atom stereocenters. The van der Waals surface area contributed by atoms with Crippen LogP contribution in [0.2, 0.25) is 0 Å². The molecule has 0 saturated carbocycles. The summed E-state index contributed by atoms with van der Waals surface area (Å²) in [6.45, 7) is 4.08. The van der Waals surface area contributed by atoms with E-state index < -0.39 is 11.7 Å². The highest BCUT2D eigenvalue weighted by Crippen LogP contribution is 2.33. The number of nitrogens with one attached hydrogen (secondary N) is 1. The van der Waals surface area contributed by atoms with Gasteiger partial charge in [-0.3, -0.25) is 0 Å². The Hall–Kier alpha value is -1.11. The third kappa shape index (κ3) is 4.69. The molecule has 0 bridgehead atoms. The van der Waals surface area contributed by atoms with Crippen molar-refractivity contribution in [2.75, 3.05) is 41.4 Å². The van der Waals surface area contributed by atoms with Crippen LogP contribution < -0.4 is 10.2 Å². The van der Waals surface area contributed by atoms with E-state index in [2.05, 4.69) is 10.3 Å². The zero-order valence-corrected chi connectivity index (χ0v) is 12.9. The van der Waals surface area contributed by atoms with Gasteiger partial charge in [-0.1, -0.05) is 6.92 Å². The van der Waals surface area contributed by atoms with Crippen LogP contribution in [0.1, 0.15) is 25.3 Å². The third-order valence-electron chi connectivity index (χ3n) is 3.24. The first-order valence-corrected chi connectivity index (χ1v) is 8.32. The van der Waals surface area contributed by atoms with Crippen molar-refractivity contribution in [3.8, 4) is 0 Å². The van der Waals surface area contributed by atoms with Gasteiger partial charge in [-0.05, 0) is 30.7 Å². The number of nitrogens with zero attached hydrogens (tertiary/aromatic N) is 2. The molecular formula is C14H20F3N3S. The highest BCUT2D eigenvalue weighted by atomic mass is 32.2. The number of thioether (sulfide) groups is 1. The molecular weight excluding hydrogens is 299 g/mol. The second-order valence-electron chi connectivity index (χ2n) is 4.98. The number of halogens is 3. The molecule has 0 unspecified atom stereocenters. The Bertz CT molecular complexity index is 457. The molecule has 1 aliphatic rings. The highest BCUT2D eigenvalue weighted by molar-refractivity contribution is 7.99. The number of aromatic nitrogens is 1. The van der Waals surface area contributed by atoms with E-state index in [1.54, 1.807) is 0 Å². The molecule has 2 heterocycles. The molecule has 0 aliphatic carbocycles. The topological polar surface area (TPSA) is 28.2 Å². The van der Waals surface area contributed by atoms with E-state index in [0.29, 0.717) is 18.2 Å². The number of pyridine rings is 1. The van der Waals surface area contributed by atoms with Crippen LogP contribution in [0.5, 0.6) is 0 Å². The molecule has 0 amide bonds. The molecule has 0 aromatic carbocycles. The van der Waals surface area contributed by atoms with Crippen molar-refractivity contribution < 1.29 is 13.2 Å². The van der Waals surface area contributed by atoms with Crippen molar-refractivity contribution in [3.63, 3.8) is 0 Å². The number of hydrogen-bond donors (Lipinski definition) is 1. The van der Waals surface area contributed by atoms with Crippen molar-refractivity contribution in [1.82, 2.24) is 4.98 Å². The van der Waals surface area contributed by atoms with Gasteiger partial charge in [0.2, 0.25) is 0 Å². The average Bonchev–Trinajstić information content (AvgIpc) is 2.73. The Morgan fingerprint density at radius 1 is 1.29 bits per heavy atom. The number of rotatable bonds is 4. The first-order chi connectivity index (χ1) is 10.0. The van der Waals surface area contributed by atoms with Crippen LogP contribution in [0.25, 0.3) is 0 Å². The summed E-state index contributed by atoms with van der Waals surface area (Å²) in [6.07, 6.45) is -2.53. The minimum absolute atomic E-state index is 0.304. The Balaban J connectivity index is 2.29. The van der Waals surface area contributed by atoms with Crippen LogP contribution in [-0.2, 0) is 6.18 Å². The van der Waals surface area contributed by atoms with Crippen LogP contribution >= 0.6 is 11.8 Å². The van der Waals surface area contributed by atoms with Gasteiger partial charge in [-0.15, -0.1) is 0 Å². The second kappa shape index (κ2) is 7.24. The van der Waals surface area contributed by atoms with E-state index in [4.69, 9.17) is 0 Å². The minimum atomic E-state index is -4.35. The van der Waals surface area contributed by atoms with Gasteiger partial charge >= 0.3 is 6.18 Å². The minimum Gasteiger partial charge on any atom is -0.370 e. The van der Waals surface area contributed by atoms with Gasteiger partial charge in [-0.2, -0.15) is 24.9 Å². The zero-order valence-electron chi connectivity index (χ0n) is 12.0. The monoisotopic (exact) mass is 319 g/mol. The molecule has 3 nitrogen and oxygen atoms in total. The van der Waals surface area contributed by atoms with Crippen molar-refractivity contribution >= 4 is 23.4 Å². The molecule has 1 N–H and O–H groups in total. The van der Waals surface area contributed by atoms with E-state index in [0.717, 1.165) is 49.6 Å². The molecule has 21 heavy (non-hydrogen) atoms. The van der Waals surface area contributed by atoms with E-state index in [-0.39, 0.29) is 0 Å². The maximum atomic E-state index is 13.0. The van der Waals surface area contributed by atoms with E-state index >= 15 is 0 Å². The van der Waals surface area contributed by atoms with Gasteiger partial charge < -0.3 is 10.2 Å². The van der Waals surface area contributed by atoms with E-state index in [1.165, 1.54) is 0 Å². The lowest BCUT2D eigenvalue weighted by Crippen LogP contribution is -2.27. The maximum absolute atomic E-state index is 13.0. The molecule has 0 spiro atoms. The summed E-state index contributed by atoms with van der Waals surface area (Å²) in [5.41, 5.74) is -0.636. The molecule has 1 saturated heterocycles. The third-order valence-corrected chi connectivity index (χ3v) is 4.29. The molecule has 1 fully saturated rings. The molecule has 1 aliphatic heterocycles. The van der Waals surface area contributed by atoms with E-state index in [1.807, 2.05) is 23.6 Å². The van der Waals surface area contributed by atoms with Gasteiger partial charge in [0.1, 0.15) is 11.6 Å². The molecule has 7 heteroatoms. The van der Waals surface area contributed by atoms with Crippen LogP contribution in [-0.4, -0.2) is 36.1 Å². The lowest BCUT2D eigenvalue weighted by molar-refractivity contribution is -0.137. The Kier molecular flexibility index (Phi) is 5.61. The average molecular weight is 319 g/mol. The fourth-order valence-corrected chi connectivity index (χ4v) is 3.05. The zero-order chi connectivity index (χ0) is 15.3. The molecule has 1 aromatic heterocycles. The van der Waals surface area contributed by atoms with Crippen LogP contribution in [0, 0.1) is 0 Å². The fourth-order valence-electron chi connectivity index (χ4n) is 2.16. The first-order valence-electron chi connectivity index (χ1n) is 7.16. The van der Waals surface area contributed by atoms with Crippen LogP contribution in [0.3, 0.4) is 0 Å². The van der Waals surface area contributed by atoms with E-state index in [9.17, 15) is 13.2 Å². The predicted octanol–water partition coefficient (Wildman–Crippen LogP) is 3.87. The van der Waals surface area contributed by atoms with Crippen LogP contribution in [0.4, 0.5) is 24.8 Å². The summed E-state index contributed by atoms with van der Waals surface area (Å²) in [5, 5.41) is 2.96. The lowest BCUT2D eigenvalue weighted by Gasteiger charge is -2.23. The van der Waals surface area contributed by atoms with Crippen molar-refractivity contribution in [1.29, 1.82) is 0 Å². The summed E-state index contributed by atoms with van der Waals surface area (Å²) in [4.78, 5) is 6.31. The summed E-state index contributed by atoms with van der Waals surface area (Å²) in [5.74, 6) is 2.70. The first kappa shape index (κ1) is 16.3. The summed E-state index contributed by atoms with van der Waals surface area (Å²) >= 11 is 1.83. The van der Waals surface area contributed by atoms with Gasteiger partial charge in [-0.25, -0.2) is 4.98 Å². The second-order valence-corrected chi connectivity index (χ2v) is 6.20. The Labute approximate surface area is 127 Å². The van der Waals surface area contributed by atoms with Gasteiger partial charge in [0.25, 0.3) is 0 Å². The molecule has 1 aromatic rings. The summed E-state index contributed by atoms with van der Waals surface area (Å²) < 4.78 is 39.1. The number of alkyl halides is 3. The Morgan fingerprint density at radius 3 is 2.81 bits per heavy atom. The normalized spacial score (nSPS) is 16.7. The van der Waals surface area contributed by atoms with Gasteiger partial charge in [0, 0.05) is 25.4 Å².